The molecule has 2 unspecified atom stereocenters. The Labute approximate surface area is 161 Å². The largest absolute Gasteiger partial charge is 0.481 e. The van der Waals surface area contributed by atoms with Gasteiger partial charge in [-0.1, -0.05) is 6.92 Å². The van der Waals surface area contributed by atoms with Gasteiger partial charge in [0.25, 0.3) is 5.91 Å². The zero-order valence-corrected chi connectivity index (χ0v) is 16.7. The zero-order valence-electron chi connectivity index (χ0n) is 15.9. The van der Waals surface area contributed by atoms with Crippen molar-refractivity contribution in [3.63, 3.8) is 0 Å². The standard InChI is InChI=1S/C18H24N4O4S/c1-9(18(25)26)8-22(12-5-6-12)16(24)11(3)19-15(23)14-7-13-10(2)20-21(4)17(13)27-14/h7,9,11-12H,5-6,8H2,1-4H3,(H,19,23)(H,25,26). The molecule has 8 nitrogen and oxygen atoms in total. The molecule has 146 valence electrons. The van der Waals surface area contributed by atoms with E-state index in [1.54, 1.807) is 29.5 Å². The Hall–Kier alpha value is -2.42. The van der Waals surface area contributed by atoms with Crippen molar-refractivity contribution in [3.05, 3.63) is 16.6 Å². The first-order valence-corrected chi connectivity index (χ1v) is 9.78. The number of rotatable bonds is 7. The molecule has 1 fully saturated rings. The summed E-state index contributed by atoms with van der Waals surface area (Å²) in [5, 5.41) is 17.1. The van der Waals surface area contributed by atoms with Crippen molar-refractivity contribution >= 4 is 39.3 Å². The maximum Gasteiger partial charge on any atom is 0.308 e. The Balaban J connectivity index is 1.69. The number of hydrogen-bond acceptors (Lipinski definition) is 5. The predicted octanol–water partition coefficient (Wildman–Crippen LogP) is 1.77. The van der Waals surface area contributed by atoms with E-state index in [1.807, 2.05) is 14.0 Å². The summed E-state index contributed by atoms with van der Waals surface area (Å²) in [6, 6.07) is 1.15. The third-order valence-electron chi connectivity index (χ3n) is 4.80. The molecule has 0 saturated heterocycles. The fourth-order valence-corrected chi connectivity index (χ4v) is 4.10. The van der Waals surface area contributed by atoms with Crippen LogP contribution in [0.3, 0.4) is 0 Å². The highest BCUT2D eigenvalue weighted by atomic mass is 32.1. The summed E-state index contributed by atoms with van der Waals surface area (Å²) in [5.74, 6) is -2.12. The number of amides is 2. The lowest BCUT2D eigenvalue weighted by molar-refractivity contribution is -0.143. The number of nitrogens with one attached hydrogen (secondary N) is 1. The molecule has 1 saturated carbocycles. The number of hydrogen-bond donors (Lipinski definition) is 2. The monoisotopic (exact) mass is 392 g/mol. The first-order chi connectivity index (χ1) is 12.7. The number of aryl methyl sites for hydroxylation is 2. The minimum atomic E-state index is -0.931. The predicted molar refractivity (Wildman–Crippen MR) is 102 cm³/mol. The topological polar surface area (TPSA) is 105 Å². The van der Waals surface area contributed by atoms with Gasteiger partial charge in [-0.2, -0.15) is 5.10 Å². The molecule has 0 radical (unpaired) electrons. The van der Waals surface area contributed by atoms with Crippen LogP contribution in [0.4, 0.5) is 0 Å². The van der Waals surface area contributed by atoms with Gasteiger partial charge in [0.1, 0.15) is 10.9 Å². The molecular formula is C18H24N4O4S. The molecule has 2 aromatic heterocycles. The van der Waals surface area contributed by atoms with E-state index in [-0.39, 0.29) is 24.4 Å². The van der Waals surface area contributed by atoms with Crippen LogP contribution >= 0.6 is 11.3 Å². The van der Waals surface area contributed by atoms with Crippen molar-refractivity contribution in [2.45, 2.75) is 45.7 Å². The first-order valence-electron chi connectivity index (χ1n) is 8.96. The molecule has 2 atom stereocenters. The molecule has 9 heteroatoms. The molecule has 1 aliphatic rings. The van der Waals surface area contributed by atoms with Crippen LogP contribution in [0.15, 0.2) is 6.07 Å². The molecule has 0 bridgehead atoms. The Morgan fingerprint density at radius 3 is 2.63 bits per heavy atom. The second kappa shape index (κ2) is 7.30. The van der Waals surface area contributed by atoms with Crippen LogP contribution in [0.1, 0.15) is 42.1 Å². The molecule has 3 rings (SSSR count). The number of carbonyl (C=O) groups excluding carboxylic acids is 2. The second-order valence-electron chi connectivity index (χ2n) is 7.19. The van der Waals surface area contributed by atoms with Gasteiger partial charge >= 0.3 is 5.97 Å². The second-order valence-corrected chi connectivity index (χ2v) is 8.23. The van der Waals surface area contributed by atoms with Gasteiger partial charge in [-0.05, 0) is 32.8 Å². The molecule has 2 aromatic rings. The summed E-state index contributed by atoms with van der Waals surface area (Å²) >= 11 is 1.33. The number of carbonyl (C=O) groups is 3. The quantitative estimate of drug-likeness (QED) is 0.747. The molecular weight excluding hydrogens is 368 g/mol. The number of carboxylic acids is 1. The van der Waals surface area contributed by atoms with E-state index in [4.69, 9.17) is 5.11 Å². The number of aromatic nitrogens is 2. The van der Waals surface area contributed by atoms with E-state index in [9.17, 15) is 14.4 Å². The van der Waals surface area contributed by atoms with Crippen LogP contribution in [0.2, 0.25) is 0 Å². The average Bonchev–Trinajstić information content (AvgIpc) is 3.27. The van der Waals surface area contributed by atoms with Gasteiger partial charge in [-0.15, -0.1) is 11.3 Å². The summed E-state index contributed by atoms with van der Waals surface area (Å²) in [7, 11) is 1.83. The van der Waals surface area contributed by atoms with E-state index in [0.29, 0.717) is 4.88 Å². The Bertz CT molecular complexity index is 864. The normalized spacial score (nSPS) is 16.1. The van der Waals surface area contributed by atoms with Crippen LogP contribution in [-0.4, -0.2) is 56.2 Å². The number of fused-ring (bicyclic) bond motifs is 1. The van der Waals surface area contributed by atoms with Crippen molar-refractivity contribution in [1.82, 2.24) is 20.0 Å². The van der Waals surface area contributed by atoms with E-state index in [1.165, 1.54) is 11.3 Å². The lowest BCUT2D eigenvalue weighted by Crippen LogP contribution is -2.49. The number of carboxylic acid groups (broad SMARTS) is 1. The Morgan fingerprint density at radius 2 is 2.07 bits per heavy atom. The van der Waals surface area contributed by atoms with Crippen molar-refractivity contribution in [2.75, 3.05) is 6.54 Å². The van der Waals surface area contributed by atoms with E-state index >= 15 is 0 Å². The fourth-order valence-electron chi connectivity index (χ4n) is 3.07. The Morgan fingerprint density at radius 1 is 1.41 bits per heavy atom. The number of thiophene rings is 1. The highest BCUT2D eigenvalue weighted by Crippen LogP contribution is 2.29. The SMILES string of the molecule is Cc1nn(C)c2sc(C(=O)NC(C)C(=O)N(CC(C)C(=O)O)C3CC3)cc12. The average molecular weight is 392 g/mol. The third-order valence-corrected chi connectivity index (χ3v) is 6.00. The van der Waals surface area contributed by atoms with Crippen LogP contribution in [0.25, 0.3) is 10.2 Å². The molecule has 2 amide bonds. The smallest absolute Gasteiger partial charge is 0.308 e. The van der Waals surface area contributed by atoms with Gasteiger partial charge in [-0.25, -0.2) is 0 Å². The van der Waals surface area contributed by atoms with Crippen molar-refractivity contribution in [1.29, 1.82) is 0 Å². The summed E-state index contributed by atoms with van der Waals surface area (Å²) in [5.41, 5.74) is 0.856. The minimum absolute atomic E-state index is 0.0803. The van der Waals surface area contributed by atoms with E-state index in [0.717, 1.165) is 28.8 Å². The fraction of sp³-hybridized carbons (Fsp3) is 0.556. The van der Waals surface area contributed by atoms with Crippen molar-refractivity contribution in [3.8, 4) is 0 Å². The van der Waals surface area contributed by atoms with Gasteiger partial charge in [0.05, 0.1) is 16.5 Å². The van der Waals surface area contributed by atoms with Crippen LogP contribution in [-0.2, 0) is 16.6 Å². The highest BCUT2D eigenvalue weighted by molar-refractivity contribution is 7.20. The van der Waals surface area contributed by atoms with Gasteiger partial charge in [0, 0.05) is 25.0 Å². The molecule has 0 aliphatic heterocycles. The van der Waals surface area contributed by atoms with E-state index < -0.39 is 17.9 Å². The molecule has 27 heavy (non-hydrogen) atoms. The van der Waals surface area contributed by atoms with Crippen LogP contribution in [0, 0.1) is 12.8 Å². The summed E-state index contributed by atoms with van der Waals surface area (Å²) in [4.78, 5) is 39.5. The zero-order chi connectivity index (χ0) is 19.9. The summed E-state index contributed by atoms with van der Waals surface area (Å²) < 4.78 is 1.74. The van der Waals surface area contributed by atoms with Gasteiger partial charge in [0.2, 0.25) is 5.91 Å². The third kappa shape index (κ3) is 3.97. The minimum Gasteiger partial charge on any atom is -0.481 e. The van der Waals surface area contributed by atoms with Crippen molar-refractivity contribution in [2.24, 2.45) is 13.0 Å². The number of nitrogens with zero attached hydrogens (tertiary/aromatic N) is 3. The molecule has 2 heterocycles. The first kappa shape index (κ1) is 19.3. The van der Waals surface area contributed by atoms with Gasteiger partial charge in [-0.3, -0.25) is 19.1 Å². The summed E-state index contributed by atoms with van der Waals surface area (Å²) in [6.07, 6.45) is 1.75. The van der Waals surface area contributed by atoms with Gasteiger partial charge in [0.15, 0.2) is 0 Å². The molecule has 1 aliphatic carbocycles. The lowest BCUT2D eigenvalue weighted by atomic mass is 10.1. The lowest BCUT2D eigenvalue weighted by Gasteiger charge is -2.27. The highest BCUT2D eigenvalue weighted by Gasteiger charge is 2.36. The van der Waals surface area contributed by atoms with Crippen molar-refractivity contribution < 1.29 is 19.5 Å². The molecule has 2 N–H and O–H groups in total. The maximum atomic E-state index is 12.8. The number of aliphatic carboxylic acids is 1. The Kier molecular flexibility index (Phi) is 5.23. The van der Waals surface area contributed by atoms with E-state index in [2.05, 4.69) is 10.4 Å². The summed E-state index contributed by atoms with van der Waals surface area (Å²) in [6.45, 7) is 5.27. The van der Waals surface area contributed by atoms with Crippen LogP contribution < -0.4 is 5.32 Å². The van der Waals surface area contributed by atoms with Crippen LogP contribution in [0.5, 0.6) is 0 Å². The molecule has 0 aromatic carbocycles. The molecule has 0 spiro atoms. The maximum absolute atomic E-state index is 12.8. The van der Waals surface area contributed by atoms with Gasteiger partial charge < -0.3 is 15.3 Å².